The molecule has 0 unspecified atom stereocenters. The highest BCUT2D eigenvalue weighted by atomic mass is 32.2. The minimum absolute atomic E-state index is 0.111. The molecular formula is C26H40N4O6S. The van der Waals surface area contributed by atoms with Gasteiger partial charge in [-0.2, -0.15) is 11.8 Å². The van der Waals surface area contributed by atoms with Crippen LogP contribution in [0.25, 0.3) is 0 Å². The number of thioether (sulfide) groups is 1. The van der Waals surface area contributed by atoms with Crippen molar-refractivity contribution in [1.82, 2.24) is 20.9 Å². The molecular weight excluding hydrogens is 496 g/mol. The van der Waals surface area contributed by atoms with Crippen molar-refractivity contribution in [1.29, 1.82) is 0 Å². The number of nitrogens with one attached hydrogen (secondary N) is 3. The van der Waals surface area contributed by atoms with Crippen molar-refractivity contribution in [3.63, 3.8) is 0 Å². The summed E-state index contributed by atoms with van der Waals surface area (Å²) in [6, 6.07) is 7.24. The van der Waals surface area contributed by atoms with Gasteiger partial charge in [0.05, 0.1) is 18.7 Å². The van der Waals surface area contributed by atoms with E-state index >= 15 is 0 Å². The van der Waals surface area contributed by atoms with E-state index in [1.807, 2.05) is 44.2 Å². The Morgan fingerprint density at radius 2 is 1.70 bits per heavy atom. The number of aliphatic hydroxyl groups is 2. The number of carbonyl (C=O) groups excluding carboxylic acids is 4. The van der Waals surface area contributed by atoms with Crippen LogP contribution >= 0.6 is 11.8 Å². The van der Waals surface area contributed by atoms with E-state index in [0.717, 1.165) is 5.56 Å². The summed E-state index contributed by atoms with van der Waals surface area (Å²) in [5.74, 6) is -0.472. The predicted octanol–water partition coefficient (Wildman–Crippen LogP) is 0.704. The van der Waals surface area contributed by atoms with Crippen molar-refractivity contribution in [3.8, 4) is 0 Å². The van der Waals surface area contributed by atoms with Gasteiger partial charge >= 0.3 is 6.03 Å². The van der Waals surface area contributed by atoms with E-state index in [9.17, 15) is 29.4 Å². The number of Topliss-reactive ketones (excluding diaryl/α,β-unsaturated/α-hetero) is 1. The third-order valence-corrected chi connectivity index (χ3v) is 6.81. The monoisotopic (exact) mass is 536 g/mol. The van der Waals surface area contributed by atoms with Gasteiger partial charge in [-0.05, 0) is 30.6 Å². The molecule has 1 aromatic rings. The zero-order valence-corrected chi connectivity index (χ0v) is 22.6. The quantitative estimate of drug-likeness (QED) is 0.249. The molecule has 4 amide bonds. The van der Waals surface area contributed by atoms with Gasteiger partial charge in [0.25, 0.3) is 0 Å². The molecule has 10 nitrogen and oxygen atoms in total. The fourth-order valence-corrected chi connectivity index (χ4v) is 4.69. The first-order valence-corrected chi connectivity index (χ1v) is 14.0. The van der Waals surface area contributed by atoms with E-state index in [-0.39, 0.29) is 24.0 Å². The molecule has 0 radical (unpaired) electrons. The van der Waals surface area contributed by atoms with Gasteiger partial charge in [0.1, 0.15) is 17.9 Å². The lowest BCUT2D eigenvalue weighted by Crippen LogP contribution is -2.57. The first-order chi connectivity index (χ1) is 17.6. The van der Waals surface area contributed by atoms with E-state index < -0.39 is 42.1 Å². The average Bonchev–Trinajstić information content (AvgIpc) is 2.86. The summed E-state index contributed by atoms with van der Waals surface area (Å²) in [5.41, 5.74) is 0.885. The zero-order chi connectivity index (χ0) is 27.4. The lowest BCUT2D eigenvalue weighted by molar-refractivity contribution is -0.129. The van der Waals surface area contributed by atoms with Crippen LogP contribution in [0.4, 0.5) is 4.79 Å². The molecule has 206 valence electrons. The summed E-state index contributed by atoms with van der Waals surface area (Å²) < 4.78 is 0. The third kappa shape index (κ3) is 10.7. The highest BCUT2D eigenvalue weighted by Gasteiger charge is 2.31. The van der Waals surface area contributed by atoms with Crippen molar-refractivity contribution in [3.05, 3.63) is 35.9 Å². The normalized spacial score (nSPS) is 17.0. The number of hydrogen-bond donors (Lipinski definition) is 5. The van der Waals surface area contributed by atoms with Gasteiger partial charge in [-0.15, -0.1) is 0 Å². The Hall–Kier alpha value is -2.63. The second-order valence-electron chi connectivity index (χ2n) is 9.75. The summed E-state index contributed by atoms with van der Waals surface area (Å²) in [5, 5.41) is 29.4. The van der Waals surface area contributed by atoms with E-state index in [4.69, 9.17) is 0 Å². The van der Waals surface area contributed by atoms with Crippen LogP contribution in [0.1, 0.15) is 38.7 Å². The Morgan fingerprint density at radius 3 is 2.30 bits per heavy atom. The van der Waals surface area contributed by atoms with Crippen molar-refractivity contribution >= 4 is 35.4 Å². The molecule has 0 bridgehead atoms. The molecule has 37 heavy (non-hydrogen) atoms. The third-order valence-electron chi connectivity index (χ3n) is 6.14. The minimum atomic E-state index is -1.20. The molecule has 1 fully saturated rings. The van der Waals surface area contributed by atoms with Gasteiger partial charge in [-0.3, -0.25) is 14.4 Å². The number of aliphatic hydroxyl groups excluding tert-OH is 2. The van der Waals surface area contributed by atoms with Gasteiger partial charge in [-0.25, -0.2) is 4.79 Å². The van der Waals surface area contributed by atoms with Crippen LogP contribution in [-0.4, -0.2) is 94.7 Å². The summed E-state index contributed by atoms with van der Waals surface area (Å²) in [6.07, 6.45) is 0.856. The molecule has 11 heteroatoms. The van der Waals surface area contributed by atoms with Crippen LogP contribution in [0.5, 0.6) is 0 Å². The van der Waals surface area contributed by atoms with Gasteiger partial charge < -0.3 is 31.1 Å². The molecule has 1 aliphatic rings. The summed E-state index contributed by atoms with van der Waals surface area (Å²) in [4.78, 5) is 50.8. The predicted molar refractivity (Wildman–Crippen MR) is 143 cm³/mol. The highest BCUT2D eigenvalue weighted by Crippen LogP contribution is 2.15. The standard InChI is InChI=1S/C26H40N4O6S/c1-17(2)13-22(32)24(34)20(14-18-7-5-4-6-8-18)29-25(35)21(16-37-3)28-23(33)15-27-26(36)30-11-9-19(31)10-12-30/h4-8,17,20-22,24,32,34H,9-16H2,1-3H3,(H,27,36)(H,28,33)(H,29,35)/t20-,21-,22-,24+/m0/s1. The fraction of sp³-hybridized carbons (Fsp3) is 0.615. The minimum Gasteiger partial charge on any atom is -0.390 e. The number of hydrogen-bond acceptors (Lipinski definition) is 7. The number of carbonyl (C=O) groups is 4. The summed E-state index contributed by atoms with van der Waals surface area (Å²) >= 11 is 1.37. The summed E-state index contributed by atoms with van der Waals surface area (Å²) in [6.45, 7) is 4.20. The Morgan fingerprint density at radius 1 is 1.05 bits per heavy atom. The lowest BCUT2D eigenvalue weighted by atomic mass is 9.93. The molecule has 0 aromatic heterocycles. The molecule has 1 saturated heterocycles. The maximum absolute atomic E-state index is 13.2. The Kier molecular flexibility index (Phi) is 12.9. The maximum Gasteiger partial charge on any atom is 0.317 e. The second kappa shape index (κ2) is 15.6. The van der Waals surface area contributed by atoms with E-state index in [2.05, 4.69) is 16.0 Å². The number of ketones is 1. The number of likely N-dealkylation sites (tertiary alicyclic amines) is 1. The number of benzene rings is 1. The maximum atomic E-state index is 13.2. The van der Waals surface area contributed by atoms with Gasteiger partial charge in [0.2, 0.25) is 11.8 Å². The highest BCUT2D eigenvalue weighted by molar-refractivity contribution is 7.98. The Labute approximate surface area is 222 Å². The van der Waals surface area contributed by atoms with E-state index in [0.29, 0.717) is 38.8 Å². The van der Waals surface area contributed by atoms with Crippen LogP contribution in [0.3, 0.4) is 0 Å². The van der Waals surface area contributed by atoms with E-state index in [1.54, 1.807) is 6.26 Å². The van der Waals surface area contributed by atoms with Gasteiger partial charge in [-0.1, -0.05) is 44.2 Å². The number of piperidine rings is 1. The Balaban J connectivity index is 2.00. The molecule has 1 aliphatic heterocycles. The second-order valence-corrected chi connectivity index (χ2v) is 10.7. The van der Waals surface area contributed by atoms with Crippen LogP contribution in [0.15, 0.2) is 30.3 Å². The zero-order valence-electron chi connectivity index (χ0n) is 21.8. The molecule has 2 rings (SSSR count). The molecule has 4 atom stereocenters. The average molecular weight is 537 g/mol. The number of nitrogens with zero attached hydrogens (tertiary/aromatic N) is 1. The van der Waals surface area contributed by atoms with Crippen molar-refractivity contribution in [2.45, 2.75) is 63.8 Å². The van der Waals surface area contributed by atoms with Crippen LogP contribution in [-0.2, 0) is 20.8 Å². The summed E-state index contributed by atoms with van der Waals surface area (Å²) in [7, 11) is 0. The largest absolute Gasteiger partial charge is 0.390 e. The first-order valence-electron chi connectivity index (χ1n) is 12.6. The molecule has 0 saturated carbocycles. The number of amides is 4. The van der Waals surface area contributed by atoms with E-state index in [1.165, 1.54) is 16.7 Å². The molecule has 0 aliphatic carbocycles. The number of rotatable bonds is 13. The van der Waals surface area contributed by atoms with Crippen LogP contribution < -0.4 is 16.0 Å². The van der Waals surface area contributed by atoms with Gasteiger partial charge in [0, 0.05) is 31.7 Å². The van der Waals surface area contributed by atoms with Crippen molar-refractivity contribution in [2.75, 3.05) is 31.6 Å². The van der Waals surface area contributed by atoms with Crippen LogP contribution in [0.2, 0.25) is 0 Å². The van der Waals surface area contributed by atoms with Crippen molar-refractivity contribution in [2.24, 2.45) is 5.92 Å². The SMILES string of the molecule is CSC[C@H](NC(=O)CNC(=O)N1CCC(=O)CC1)C(=O)N[C@@H](Cc1ccccc1)[C@@H](O)[C@@H](O)CC(C)C. The number of urea groups is 1. The topological polar surface area (TPSA) is 148 Å². The molecule has 1 heterocycles. The molecule has 0 spiro atoms. The first kappa shape index (κ1) is 30.6. The molecule has 1 aromatic carbocycles. The lowest BCUT2D eigenvalue weighted by Gasteiger charge is -2.30. The fourth-order valence-electron chi connectivity index (χ4n) is 4.12. The van der Waals surface area contributed by atoms with Crippen LogP contribution in [0, 0.1) is 5.92 Å². The molecule has 5 N–H and O–H groups in total. The Bertz CT molecular complexity index is 890. The van der Waals surface area contributed by atoms with Gasteiger partial charge in [0.15, 0.2) is 0 Å². The smallest absolute Gasteiger partial charge is 0.317 e. The van der Waals surface area contributed by atoms with Crippen molar-refractivity contribution < 1.29 is 29.4 Å².